The molecule has 1 fully saturated rings. The number of benzene rings is 2. The molecule has 9 heteroatoms. The summed E-state index contributed by atoms with van der Waals surface area (Å²) >= 11 is 7.49. The number of aromatic nitrogens is 3. The second-order valence-corrected chi connectivity index (χ2v) is 9.71. The van der Waals surface area contributed by atoms with Gasteiger partial charge in [0.1, 0.15) is 0 Å². The first-order valence-corrected chi connectivity index (χ1v) is 12.7. The Hall–Kier alpha value is -2.84. The molecule has 2 heterocycles. The maximum atomic E-state index is 13.2. The number of anilines is 1. The number of aryl methyl sites for hydroxylation is 1. The number of hydrogen-bond acceptors (Lipinski definition) is 5. The fourth-order valence-corrected chi connectivity index (χ4v) is 5.13. The van der Waals surface area contributed by atoms with Gasteiger partial charge in [-0.1, -0.05) is 47.1 Å². The van der Waals surface area contributed by atoms with Gasteiger partial charge in [-0.2, -0.15) is 0 Å². The smallest absolute Gasteiger partial charge is 0.254 e. The van der Waals surface area contributed by atoms with Crippen molar-refractivity contribution in [2.24, 2.45) is 0 Å². The summed E-state index contributed by atoms with van der Waals surface area (Å²) in [5.74, 6) is 0.841. The standard InChI is InChI=1S/C25H28ClN5O2S/c1-4-30-23(21-9-6-14-31(21)24(33)18-12-10-16(2)11-13-18)28-29-25(30)34-15-22(32)27-20-8-5-7-19(26)17(20)3/h5,7-8,10-13,21H,4,6,9,14-15H2,1-3H3,(H,27,32). The minimum absolute atomic E-state index is 0.0126. The molecule has 1 N–H and O–H groups in total. The average Bonchev–Trinajstić information content (AvgIpc) is 3.47. The quantitative estimate of drug-likeness (QED) is 0.449. The summed E-state index contributed by atoms with van der Waals surface area (Å²) in [7, 11) is 0. The first-order chi connectivity index (χ1) is 16.4. The van der Waals surface area contributed by atoms with Crippen molar-refractivity contribution in [1.29, 1.82) is 0 Å². The van der Waals surface area contributed by atoms with Crippen molar-refractivity contribution in [3.63, 3.8) is 0 Å². The number of hydrogen-bond donors (Lipinski definition) is 1. The first-order valence-electron chi connectivity index (χ1n) is 11.4. The van der Waals surface area contributed by atoms with E-state index in [4.69, 9.17) is 11.6 Å². The van der Waals surface area contributed by atoms with Crippen molar-refractivity contribution < 1.29 is 9.59 Å². The Kier molecular flexibility index (Phi) is 7.58. The van der Waals surface area contributed by atoms with Gasteiger partial charge in [0, 0.05) is 29.4 Å². The van der Waals surface area contributed by atoms with Crippen LogP contribution in [0, 0.1) is 13.8 Å². The Balaban J connectivity index is 1.46. The van der Waals surface area contributed by atoms with Crippen LogP contribution in [0.2, 0.25) is 5.02 Å². The van der Waals surface area contributed by atoms with E-state index in [0.717, 1.165) is 29.8 Å². The number of carbonyl (C=O) groups excluding carboxylic acids is 2. The lowest BCUT2D eigenvalue weighted by molar-refractivity contribution is -0.113. The second-order valence-electron chi connectivity index (χ2n) is 8.36. The third-order valence-corrected chi connectivity index (χ3v) is 7.42. The number of nitrogens with zero attached hydrogens (tertiary/aromatic N) is 4. The Morgan fingerprint density at radius 1 is 1.15 bits per heavy atom. The fraction of sp³-hybridized carbons (Fsp3) is 0.360. The van der Waals surface area contributed by atoms with Crippen molar-refractivity contribution in [2.45, 2.75) is 51.4 Å². The molecule has 4 rings (SSSR count). The van der Waals surface area contributed by atoms with Gasteiger partial charge in [-0.25, -0.2) is 0 Å². The molecule has 0 bridgehead atoms. The van der Waals surface area contributed by atoms with Gasteiger partial charge >= 0.3 is 0 Å². The molecular weight excluding hydrogens is 470 g/mol. The highest BCUT2D eigenvalue weighted by Gasteiger charge is 2.34. The molecule has 0 spiro atoms. The van der Waals surface area contributed by atoms with Crippen LogP contribution in [0.4, 0.5) is 5.69 Å². The number of nitrogens with one attached hydrogen (secondary N) is 1. The summed E-state index contributed by atoms with van der Waals surface area (Å²) in [6, 6.07) is 13.0. The van der Waals surface area contributed by atoms with Crippen molar-refractivity contribution in [2.75, 3.05) is 17.6 Å². The third kappa shape index (κ3) is 5.13. The molecule has 3 aromatic rings. The molecule has 1 unspecified atom stereocenters. The molecule has 7 nitrogen and oxygen atoms in total. The SMILES string of the molecule is CCn1c(SCC(=O)Nc2cccc(Cl)c2C)nnc1C1CCCN1C(=O)c1ccc(C)cc1. The number of thioether (sulfide) groups is 1. The summed E-state index contributed by atoms with van der Waals surface area (Å²) in [6.45, 7) is 7.25. The number of rotatable bonds is 7. The average molecular weight is 498 g/mol. The predicted octanol–water partition coefficient (Wildman–Crippen LogP) is 5.28. The van der Waals surface area contributed by atoms with Crippen LogP contribution in [0.1, 0.15) is 53.1 Å². The Morgan fingerprint density at radius 3 is 2.65 bits per heavy atom. The van der Waals surface area contributed by atoms with Gasteiger partial charge in [-0.15, -0.1) is 10.2 Å². The molecule has 1 aliphatic rings. The summed E-state index contributed by atoms with van der Waals surface area (Å²) in [6.07, 6.45) is 1.76. The van der Waals surface area contributed by atoms with E-state index in [9.17, 15) is 9.59 Å². The number of likely N-dealkylation sites (tertiary alicyclic amines) is 1. The summed E-state index contributed by atoms with van der Waals surface area (Å²) in [5.41, 5.74) is 3.34. The van der Waals surface area contributed by atoms with Gasteiger partial charge in [0.05, 0.1) is 11.8 Å². The topological polar surface area (TPSA) is 80.1 Å². The van der Waals surface area contributed by atoms with E-state index >= 15 is 0 Å². The Labute approximate surface area is 208 Å². The minimum Gasteiger partial charge on any atom is -0.328 e. The highest BCUT2D eigenvalue weighted by Crippen LogP contribution is 2.34. The van der Waals surface area contributed by atoms with Gasteiger partial charge in [0.15, 0.2) is 11.0 Å². The molecule has 0 radical (unpaired) electrons. The van der Waals surface area contributed by atoms with Crippen molar-refractivity contribution in [3.05, 3.63) is 70.0 Å². The second kappa shape index (κ2) is 10.6. The van der Waals surface area contributed by atoms with Crippen LogP contribution < -0.4 is 5.32 Å². The lowest BCUT2D eigenvalue weighted by Crippen LogP contribution is -2.32. The third-order valence-electron chi connectivity index (χ3n) is 6.05. The maximum absolute atomic E-state index is 13.2. The molecule has 2 amide bonds. The molecule has 1 aliphatic heterocycles. The maximum Gasteiger partial charge on any atom is 0.254 e. The minimum atomic E-state index is -0.139. The van der Waals surface area contributed by atoms with Crippen molar-refractivity contribution in [3.8, 4) is 0 Å². The van der Waals surface area contributed by atoms with E-state index in [2.05, 4.69) is 15.5 Å². The Bertz CT molecular complexity index is 1190. The van der Waals surface area contributed by atoms with Gasteiger partial charge in [0.25, 0.3) is 5.91 Å². The van der Waals surface area contributed by atoms with Crippen molar-refractivity contribution >= 4 is 40.9 Å². The number of amides is 2. The molecule has 1 atom stereocenters. The predicted molar refractivity (Wildman–Crippen MR) is 135 cm³/mol. The van der Waals surface area contributed by atoms with E-state index in [1.54, 1.807) is 6.07 Å². The molecule has 2 aromatic carbocycles. The van der Waals surface area contributed by atoms with E-state index in [1.807, 2.05) is 66.6 Å². The zero-order valence-electron chi connectivity index (χ0n) is 19.5. The normalized spacial score (nSPS) is 15.5. The fourth-order valence-electron chi connectivity index (χ4n) is 4.15. The molecule has 0 aliphatic carbocycles. The van der Waals surface area contributed by atoms with E-state index in [-0.39, 0.29) is 23.6 Å². The number of carbonyl (C=O) groups is 2. The monoisotopic (exact) mass is 497 g/mol. The molecular formula is C25H28ClN5O2S. The molecule has 1 saturated heterocycles. The van der Waals surface area contributed by atoms with Gasteiger partial charge in [0.2, 0.25) is 5.91 Å². The molecule has 1 aromatic heterocycles. The summed E-state index contributed by atoms with van der Waals surface area (Å²) < 4.78 is 2.01. The zero-order chi connectivity index (χ0) is 24.2. The van der Waals surface area contributed by atoms with E-state index in [1.165, 1.54) is 11.8 Å². The molecule has 0 saturated carbocycles. The Morgan fingerprint density at radius 2 is 1.91 bits per heavy atom. The largest absolute Gasteiger partial charge is 0.328 e. The molecule has 34 heavy (non-hydrogen) atoms. The number of halogens is 1. The van der Waals surface area contributed by atoms with Crippen LogP contribution in [0.3, 0.4) is 0 Å². The van der Waals surface area contributed by atoms with Crippen LogP contribution in [0.15, 0.2) is 47.6 Å². The van der Waals surface area contributed by atoms with E-state index in [0.29, 0.717) is 34.5 Å². The summed E-state index contributed by atoms with van der Waals surface area (Å²) in [4.78, 5) is 27.6. The zero-order valence-corrected chi connectivity index (χ0v) is 21.1. The van der Waals surface area contributed by atoms with Crippen molar-refractivity contribution in [1.82, 2.24) is 19.7 Å². The van der Waals surface area contributed by atoms with Crippen LogP contribution in [0.25, 0.3) is 0 Å². The highest BCUT2D eigenvalue weighted by atomic mass is 35.5. The van der Waals surface area contributed by atoms with Crippen LogP contribution in [-0.2, 0) is 11.3 Å². The lowest BCUT2D eigenvalue weighted by atomic mass is 10.1. The molecule has 178 valence electrons. The van der Waals surface area contributed by atoms with Gasteiger partial charge in [-0.05, 0) is 63.4 Å². The first kappa shape index (κ1) is 24.3. The van der Waals surface area contributed by atoms with Gasteiger partial charge < -0.3 is 14.8 Å². The highest BCUT2D eigenvalue weighted by molar-refractivity contribution is 7.99. The van der Waals surface area contributed by atoms with Gasteiger partial charge in [-0.3, -0.25) is 9.59 Å². The van der Waals surface area contributed by atoms with Crippen LogP contribution in [0.5, 0.6) is 0 Å². The van der Waals surface area contributed by atoms with Crippen LogP contribution >= 0.6 is 23.4 Å². The lowest BCUT2D eigenvalue weighted by Gasteiger charge is -2.24. The summed E-state index contributed by atoms with van der Waals surface area (Å²) in [5, 5.41) is 13.0. The van der Waals surface area contributed by atoms with E-state index < -0.39 is 0 Å². The van der Waals surface area contributed by atoms with Crippen LogP contribution in [-0.4, -0.2) is 43.8 Å².